The first-order valence-electron chi connectivity index (χ1n) is 6.85. The molecule has 0 aliphatic carbocycles. The van der Waals surface area contributed by atoms with E-state index in [2.05, 4.69) is 26.2 Å². The summed E-state index contributed by atoms with van der Waals surface area (Å²) in [6, 6.07) is 3.97. The Hall–Kier alpha value is -1.27. The van der Waals surface area contributed by atoms with Gasteiger partial charge in [0, 0.05) is 22.6 Å². The van der Waals surface area contributed by atoms with E-state index in [1.54, 1.807) is 17.5 Å². The number of benzene rings is 1. The van der Waals surface area contributed by atoms with Crippen molar-refractivity contribution in [2.75, 3.05) is 11.9 Å². The predicted octanol–water partition coefficient (Wildman–Crippen LogP) is 4.70. The highest BCUT2D eigenvalue weighted by Gasteiger charge is 2.12. The van der Waals surface area contributed by atoms with Crippen molar-refractivity contribution in [3.05, 3.63) is 33.7 Å². The summed E-state index contributed by atoms with van der Waals surface area (Å²) in [7, 11) is 0. The summed E-state index contributed by atoms with van der Waals surface area (Å²) >= 11 is 5.17. The number of halogens is 1. The summed E-state index contributed by atoms with van der Waals surface area (Å²) < 4.78 is 12.5. The van der Waals surface area contributed by atoms with Gasteiger partial charge in [0.2, 0.25) is 0 Å². The molecule has 2 aromatic rings. The van der Waals surface area contributed by atoms with Crippen LogP contribution >= 0.6 is 27.3 Å². The van der Waals surface area contributed by atoms with Gasteiger partial charge in [-0.25, -0.2) is 4.98 Å². The molecule has 0 saturated carbocycles. The molecular weight excluding hydrogens is 352 g/mol. The van der Waals surface area contributed by atoms with Gasteiger partial charge in [-0.1, -0.05) is 15.9 Å². The molecule has 1 N–H and O–H groups in total. The van der Waals surface area contributed by atoms with Crippen LogP contribution in [0.4, 0.5) is 5.13 Å². The van der Waals surface area contributed by atoms with Gasteiger partial charge in [-0.05, 0) is 38.5 Å². The van der Waals surface area contributed by atoms with Crippen LogP contribution in [-0.4, -0.2) is 17.7 Å². The molecule has 4 nitrogen and oxygen atoms in total. The molecular formula is C15H19BrN2O2S. The lowest BCUT2D eigenvalue weighted by atomic mass is 10.2. The summed E-state index contributed by atoms with van der Waals surface area (Å²) in [5.74, 6) is 1.53. The average Bonchev–Trinajstić information content (AvgIpc) is 2.93. The Balaban J connectivity index is 2.18. The third-order valence-corrected chi connectivity index (χ3v) is 4.11. The number of hydrogen-bond donors (Lipinski definition) is 1. The van der Waals surface area contributed by atoms with Gasteiger partial charge in [0.05, 0.1) is 12.7 Å². The molecule has 21 heavy (non-hydrogen) atoms. The van der Waals surface area contributed by atoms with Gasteiger partial charge in [0.25, 0.3) is 0 Å². The molecule has 0 aliphatic heterocycles. The summed E-state index contributed by atoms with van der Waals surface area (Å²) in [6.45, 7) is 7.25. The summed E-state index contributed by atoms with van der Waals surface area (Å²) in [4.78, 5) is 4.21. The lowest BCUT2D eigenvalue weighted by molar-refractivity contribution is 0.223. The van der Waals surface area contributed by atoms with E-state index in [9.17, 15) is 0 Å². The van der Waals surface area contributed by atoms with Crippen molar-refractivity contribution in [3.63, 3.8) is 0 Å². The average molecular weight is 371 g/mol. The van der Waals surface area contributed by atoms with Crippen LogP contribution in [0.2, 0.25) is 0 Å². The Kier molecular flexibility index (Phi) is 5.87. The van der Waals surface area contributed by atoms with E-state index in [4.69, 9.17) is 9.47 Å². The minimum atomic E-state index is 0.107. The number of hydrogen-bond acceptors (Lipinski definition) is 5. The monoisotopic (exact) mass is 370 g/mol. The van der Waals surface area contributed by atoms with Gasteiger partial charge in [-0.15, -0.1) is 11.3 Å². The molecule has 1 heterocycles. The molecule has 0 radical (unpaired) electrons. The van der Waals surface area contributed by atoms with E-state index in [1.165, 1.54) is 0 Å². The van der Waals surface area contributed by atoms with Crippen LogP contribution in [0.1, 0.15) is 26.3 Å². The topological polar surface area (TPSA) is 43.4 Å². The zero-order valence-electron chi connectivity index (χ0n) is 12.4. The van der Waals surface area contributed by atoms with Crippen LogP contribution in [-0.2, 0) is 6.54 Å². The highest BCUT2D eigenvalue weighted by Crippen LogP contribution is 2.35. The molecule has 1 aromatic carbocycles. The fourth-order valence-corrected chi connectivity index (χ4v) is 2.80. The maximum absolute atomic E-state index is 5.80. The van der Waals surface area contributed by atoms with Crippen LogP contribution in [0.25, 0.3) is 0 Å². The Morgan fingerprint density at radius 3 is 2.76 bits per heavy atom. The van der Waals surface area contributed by atoms with Crippen LogP contribution in [0, 0.1) is 0 Å². The predicted molar refractivity (Wildman–Crippen MR) is 90.5 cm³/mol. The molecule has 114 valence electrons. The van der Waals surface area contributed by atoms with Gasteiger partial charge in [0.1, 0.15) is 0 Å². The number of rotatable bonds is 7. The largest absolute Gasteiger partial charge is 0.490 e. The standard InChI is InChI=1S/C15H19BrN2O2S/c1-4-19-13-7-11(9-18-15-17-5-6-21-15)12(16)8-14(13)20-10(2)3/h5-8,10H,4,9H2,1-3H3,(H,17,18). The van der Waals surface area contributed by atoms with Crippen molar-refractivity contribution in [2.24, 2.45) is 0 Å². The second-order valence-electron chi connectivity index (χ2n) is 4.68. The lowest BCUT2D eigenvalue weighted by Gasteiger charge is -2.17. The quantitative estimate of drug-likeness (QED) is 0.766. The fraction of sp³-hybridized carbons (Fsp3) is 0.400. The smallest absolute Gasteiger partial charge is 0.182 e. The third-order valence-electron chi connectivity index (χ3n) is 2.64. The molecule has 0 aliphatic rings. The van der Waals surface area contributed by atoms with Crippen molar-refractivity contribution < 1.29 is 9.47 Å². The summed E-state index contributed by atoms with van der Waals surface area (Å²) in [6.07, 6.45) is 1.89. The second-order valence-corrected chi connectivity index (χ2v) is 6.43. The number of nitrogens with one attached hydrogen (secondary N) is 1. The zero-order chi connectivity index (χ0) is 15.2. The van der Waals surface area contributed by atoms with Gasteiger partial charge in [-0.3, -0.25) is 0 Å². The molecule has 0 unspecified atom stereocenters. The molecule has 0 bridgehead atoms. The Morgan fingerprint density at radius 2 is 2.14 bits per heavy atom. The number of anilines is 1. The van der Waals surface area contributed by atoms with Gasteiger partial charge >= 0.3 is 0 Å². The van der Waals surface area contributed by atoms with Crippen molar-refractivity contribution in [1.82, 2.24) is 4.98 Å². The van der Waals surface area contributed by atoms with Gasteiger partial charge in [0.15, 0.2) is 16.6 Å². The van der Waals surface area contributed by atoms with Gasteiger partial charge in [-0.2, -0.15) is 0 Å². The van der Waals surface area contributed by atoms with Gasteiger partial charge < -0.3 is 14.8 Å². The molecule has 0 atom stereocenters. The summed E-state index contributed by atoms with van der Waals surface area (Å²) in [5, 5.41) is 6.14. The third kappa shape index (κ3) is 4.61. The Labute approximate surface area is 137 Å². The molecule has 0 saturated heterocycles. The van der Waals surface area contributed by atoms with Crippen LogP contribution in [0.15, 0.2) is 28.2 Å². The van der Waals surface area contributed by atoms with E-state index < -0.39 is 0 Å². The summed E-state index contributed by atoms with van der Waals surface area (Å²) in [5.41, 5.74) is 1.10. The zero-order valence-corrected chi connectivity index (χ0v) is 14.8. The first kappa shape index (κ1) is 16.1. The minimum Gasteiger partial charge on any atom is -0.490 e. The number of thiazole rings is 1. The Bertz CT molecular complexity index is 573. The number of ether oxygens (including phenoxy) is 2. The van der Waals surface area contributed by atoms with Crippen molar-refractivity contribution in [1.29, 1.82) is 0 Å². The maximum atomic E-state index is 5.80. The SMILES string of the molecule is CCOc1cc(CNc2nccs2)c(Br)cc1OC(C)C. The van der Waals surface area contributed by atoms with E-state index >= 15 is 0 Å². The van der Waals surface area contributed by atoms with E-state index in [0.29, 0.717) is 13.2 Å². The Morgan fingerprint density at radius 1 is 1.33 bits per heavy atom. The lowest BCUT2D eigenvalue weighted by Crippen LogP contribution is -2.08. The second kappa shape index (κ2) is 7.66. The van der Waals surface area contributed by atoms with E-state index in [0.717, 1.165) is 26.7 Å². The van der Waals surface area contributed by atoms with E-state index in [1.807, 2.05) is 38.3 Å². The maximum Gasteiger partial charge on any atom is 0.182 e. The van der Waals surface area contributed by atoms with Crippen LogP contribution < -0.4 is 14.8 Å². The highest BCUT2D eigenvalue weighted by molar-refractivity contribution is 9.10. The minimum absolute atomic E-state index is 0.107. The van der Waals surface area contributed by atoms with Crippen molar-refractivity contribution in [2.45, 2.75) is 33.4 Å². The normalized spacial score (nSPS) is 10.7. The van der Waals surface area contributed by atoms with Crippen molar-refractivity contribution in [3.8, 4) is 11.5 Å². The molecule has 0 fully saturated rings. The van der Waals surface area contributed by atoms with Crippen molar-refractivity contribution >= 4 is 32.4 Å². The highest BCUT2D eigenvalue weighted by atomic mass is 79.9. The molecule has 6 heteroatoms. The molecule has 0 spiro atoms. The molecule has 2 rings (SSSR count). The number of aromatic nitrogens is 1. The first-order chi connectivity index (χ1) is 10.1. The van der Waals surface area contributed by atoms with E-state index in [-0.39, 0.29) is 6.10 Å². The van der Waals surface area contributed by atoms with Crippen LogP contribution in [0.3, 0.4) is 0 Å². The first-order valence-corrected chi connectivity index (χ1v) is 8.52. The molecule has 0 amide bonds. The fourth-order valence-electron chi connectivity index (χ4n) is 1.81. The van der Waals surface area contributed by atoms with Crippen LogP contribution in [0.5, 0.6) is 11.5 Å². The molecule has 1 aromatic heterocycles. The number of nitrogens with zero attached hydrogens (tertiary/aromatic N) is 1.